The van der Waals surface area contributed by atoms with Crippen molar-refractivity contribution >= 4 is 22.7 Å². The summed E-state index contributed by atoms with van der Waals surface area (Å²) < 4.78 is 2.18. The molecule has 5 rings (SSSR count). The van der Waals surface area contributed by atoms with Crippen molar-refractivity contribution in [3.05, 3.63) is 35.5 Å². The second-order valence-electron chi connectivity index (χ2n) is 8.07. The highest BCUT2D eigenvalue weighted by molar-refractivity contribution is 6.03. The Morgan fingerprint density at radius 3 is 2.77 bits per heavy atom. The summed E-state index contributed by atoms with van der Waals surface area (Å²) >= 11 is 0. The summed E-state index contributed by atoms with van der Waals surface area (Å²) in [5.41, 5.74) is 8.39. The Kier molecular flexibility index (Phi) is 3.41. The Hall–Kier alpha value is -2.34. The van der Waals surface area contributed by atoms with E-state index < -0.39 is 0 Å². The second kappa shape index (κ2) is 5.58. The molecular weight excluding hydrogens is 328 g/mol. The van der Waals surface area contributed by atoms with E-state index >= 15 is 0 Å². The van der Waals surface area contributed by atoms with E-state index in [1.165, 1.54) is 6.42 Å². The van der Waals surface area contributed by atoms with Gasteiger partial charge in [-0.2, -0.15) is 0 Å². The number of hydrogen-bond acceptors (Lipinski definition) is 3. The van der Waals surface area contributed by atoms with Crippen LogP contribution in [0, 0.1) is 0 Å². The first-order valence-corrected chi connectivity index (χ1v) is 9.58. The zero-order valence-electron chi connectivity index (χ0n) is 14.8. The Balaban J connectivity index is 1.54. The second-order valence-corrected chi connectivity index (χ2v) is 8.07. The SMILES string of the molecule is N[C@H]1CCC[C@H]1NC(=O)c1ccc2cc3n(c2c1)C1(CCC1)CNC3=O. The number of rotatable bonds is 2. The van der Waals surface area contributed by atoms with Gasteiger partial charge in [0.2, 0.25) is 0 Å². The quantitative estimate of drug-likeness (QED) is 0.771. The maximum atomic E-state index is 12.7. The molecule has 0 radical (unpaired) electrons. The van der Waals surface area contributed by atoms with Gasteiger partial charge in [0.15, 0.2) is 0 Å². The van der Waals surface area contributed by atoms with Gasteiger partial charge in [-0.3, -0.25) is 9.59 Å². The molecule has 1 aromatic heterocycles. The van der Waals surface area contributed by atoms with Crippen molar-refractivity contribution in [1.82, 2.24) is 15.2 Å². The molecule has 4 N–H and O–H groups in total. The fourth-order valence-electron chi connectivity index (χ4n) is 4.84. The van der Waals surface area contributed by atoms with Crippen LogP contribution in [0.4, 0.5) is 0 Å². The van der Waals surface area contributed by atoms with E-state index in [1.54, 1.807) is 0 Å². The lowest BCUT2D eigenvalue weighted by molar-refractivity contribution is 0.0763. The normalized spacial score (nSPS) is 26.4. The number of nitrogens with one attached hydrogen (secondary N) is 2. The van der Waals surface area contributed by atoms with Gasteiger partial charge in [0.1, 0.15) is 5.69 Å². The van der Waals surface area contributed by atoms with Crippen LogP contribution in [0.1, 0.15) is 59.4 Å². The lowest BCUT2D eigenvalue weighted by Crippen LogP contribution is -2.55. The van der Waals surface area contributed by atoms with E-state index in [0.29, 0.717) is 17.8 Å². The Morgan fingerprint density at radius 1 is 1.23 bits per heavy atom. The Labute approximate surface area is 152 Å². The molecule has 0 bridgehead atoms. The van der Waals surface area contributed by atoms with E-state index in [9.17, 15) is 9.59 Å². The number of aromatic nitrogens is 1. The van der Waals surface area contributed by atoms with Crippen molar-refractivity contribution in [3.8, 4) is 0 Å². The molecule has 2 atom stereocenters. The van der Waals surface area contributed by atoms with Gasteiger partial charge >= 0.3 is 0 Å². The molecule has 136 valence electrons. The topological polar surface area (TPSA) is 89.2 Å². The van der Waals surface area contributed by atoms with Gasteiger partial charge < -0.3 is 20.9 Å². The third-order valence-corrected chi connectivity index (χ3v) is 6.52. The number of carbonyl (C=O) groups is 2. The van der Waals surface area contributed by atoms with Crippen LogP contribution >= 0.6 is 0 Å². The summed E-state index contributed by atoms with van der Waals surface area (Å²) in [7, 11) is 0. The number of benzene rings is 1. The summed E-state index contributed by atoms with van der Waals surface area (Å²) in [6.45, 7) is 0.677. The minimum absolute atomic E-state index is 0.0199. The number of fused-ring (bicyclic) bond motifs is 4. The van der Waals surface area contributed by atoms with E-state index in [-0.39, 0.29) is 29.4 Å². The smallest absolute Gasteiger partial charge is 0.268 e. The minimum atomic E-state index is -0.0762. The van der Waals surface area contributed by atoms with Gasteiger partial charge in [0.05, 0.1) is 11.1 Å². The number of nitrogens with zero attached hydrogens (tertiary/aromatic N) is 1. The lowest BCUT2D eigenvalue weighted by Gasteiger charge is -2.47. The molecule has 2 amide bonds. The molecule has 6 heteroatoms. The van der Waals surface area contributed by atoms with Gasteiger partial charge in [-0.05, 0) is 56.7 Å². The summed E-state index contributed by atoms with van der Waals surface area (Å²) in [5, 5.41) is 7.13. The van der Waals surface area contributed by atoms with Crippen LogP contribution < -0.4 is 16.4 Å². The molecule has 0 unspecified atom stereocenters. The average molecular weight is 352 g/mol. The highest BCUT2D eigenvalue weighted by Crippen LogP contribution is 2.44. The average Bonchev–Trinajstić information content (AvgIpc) is 3.18. The van der Waals surface area contributed by atoms with Crippen LogP contribution in [0.3, 0.4) is 0 Å². The molecule has 2 saturated carbocycles. The zero-order valence-corrected chi connectivity index (χ0v) is 14.8. The Morgan fingerprint density at radius 2 is 2.08 bits per heavy atom. The standard InChI is InChI=1S/C20H24N4O2/c21-14-3-1-4-15(14)23-18(25)13-6-5-12-9-17-19(26)22-11-20(7-2-8-20)24(17)16(12)10-13/h5-6,9-10,14-15H,1-4,7-8,11,21H2,(H,22,26)(H,23,25)/t14-,15+/m0/s1. The molecule has 1 aromatic carbocycles. The van der Waals surface area contributed by atoms with Crippen LogP contribution in [0.5, 0.6) is 0 Å². The highest BCUT2D eigenvalue weighted by Gasteiger charge is 2.44. The molecule has 6 nitrogen and oxygen atoms in total. The van der Waals surface area contributed by atoms with Crippen molar-refractivity contribution in [3.63, 3.8) is 0 Å². The summed E-state index contributed by atoms with van der Waals surface area (Å²) in [6, 6.07) is 7.78. The third-order valence-electron chi connectivity index (χ3n) is 6.52. The van der Waals surface area contributed by atoms with Crippen LogP contribution in [0.25, 0.3) is 10.9 Å². The predicted octanol–water partition coefficient (Wildman–Crippen LogP) is 1.87. The van der Waals surface area contributed by atoms with E-state index in [0.717, 1.165) is 43.0 Å². The number of nitrogens with two attached hydrogens (primary N) is 1. The van der Waals surface area contributed by atoms with Crippen molar-refractivity contribution in [2.24, 2.45) is 5.73 Å². The van der Waals surface area contributed by atoms with Crippen molar-refractivity contribution < 1.29 is 9.59 Å². The lowest BCUT2D eigenvalue weighted by atomic mass is 9.75. The van der Waals surface area contributed by atoms with Crippen LogP contribution in [0.15, 0.2) is 24.3 Å². The largest absolute Gasteiger partial charge is 0.348 e. The van der Waals surface area contributed by atoms with Crippen LogP contribution in [-0.2, 0) is 5.54 Å². The van der Waals surface area contributed by atoms with Crippen LogP contribution in [-0.4, -0.2) is 35.0 Å². The molecule has 2 aromatic rings. The van der Waals surface area contributed by atoms with E-state index in [2.05, 4.69) is 15.2 Å². The first kappa shape index (κ1) is 15.9. The third kappa shape index (κ3) is 2.21. The van der Waals surface area contributed by atoms with Crippen molar-refractivity contribution in [1.29, 1.82) is 0 Å². The zero-order chi connectivity index (χ0) is 17.9. The molecule has 2 heterocycles. The number of carbonyl (C=O) groups excluding carboxylic acids is 2. The molecular formula is C20H24N4O2. The maximum Gasteiger partial charge on any atom is 0.268 e. The van der Waals surface area contributed by atoms with Gasteiger partial charge in [-0.25, -0.2) is 0 Å². The number of hydrogen-bond donors (Lipinski definition) is 3. The summed E-state index contributed by atoms with van der Waals surface area (Å²) in [6.07, 6.45) is 6.28. The van der Waals surface area contributed by atoms with E-state index in [4.69, 9.17) is 5.73 Å². The Bertz CT molecular complexity index is 912. The van der Waals surface area contributed by atoms with E-state index in [1.807, 2.05) is 24.3 Å². The van der Waals surface area contributed by atoms with Gasteiger partial charge in [-0.1, -0.05) is 6.07 Å². The minimum Gasteiger partial charge on any atom is -0.348 e. The fourth-order valence-corrected chi connectivity index (χ4v) is 4.84. The van der Waals surface area contributed by atoms with Crippen LogP contribution in [0.2, 0.25) is 0 Å². The predicted molar refractivity (Wildman–Crippen MR) is 99.2 cm³/mol. The first-order valence-electron chi connectivity index (χ1n) is 9.58. The van der Waals surface area contributed by atoms with Gasteiger partial charge in [0, 0.05) is 29.6 Å². The fraction of sp³-hybridized carbons (Fsp3) is 0.500. The summed E-state index contributed by atoms with van der Waals surface area (Å²) in [4.78, 5) is 25.1. The monoisotopic (exact) mass is 352 g/mol. The summed E-state index contributed by atoms with van der Waals surface area (Å²) in [5.74, 6) is -0.102. The first-order chi connectivity index (χ1) is 12.6. The molecule has 26 heavy (non-hydrogen) atoms. The molecule has 0 saturated heterocycles. The molecule has 2 aliphatic carbocycles. The molecule has 1 spiro atoms. The molecule has 3 aliphatic rings. The van der Waals surface area contributed by atoms with Gasteiger partial charge in [0.25, 0.3) is 11.8 Å². The van der Waals surface area contributed by atoms with Crippen molar-refractivity contribution in [2.45, 2.75) is 56.1 Å². The molecule has 2 fully saturated rings. The molecule has 1 aliphatic heterocycles. The number of amides is 2. The highest BCUT2D eigenvalue weighted by atomic mass is 16.2. The van der Waals surface area contributed by atoms with Gasteiger partial charge in [-0.15, -0.1) is 0 Å². The maximum absolute atomic E-state index is 12.7. The van der Waals surface area contributed by atoms with Crippen molar-refractivity contribution in [2.75, 3.05) is 6.54 Å².